The van der Waals surface area contributed by atoms with Crippen molar-refractivity contribution in [2.75, 3.05) is 24.2 Å². The van der Waals surface area contributed by atoms with Crippen LogP contribution in [0.25, 0.3) is 0 Å². The molecule has 1 atom stereocenters. The average molecular weight is 300 g/mol. The molecule has 8 heteroatoms. The maximum atomic E-state index is 12.1. The van der Waals surface area contributed by atoms with Gasteiger partial charge in [0.1, 0.15) is 17.1 Å². The van der Waals surface area contributed by atoms with Gasteiger partial charge < -0.3 is 21.3 Å². The summed E-state index contributed by atoms with van der Waals surface area (Å²) in [5.41, 5.74) is 3.56. The van der Waals surface area contributed by atoms with Crippen molar-refractivity contribution in [3.8, 4) is 0 Å². The molecule has 0 aliphatic carbocycles. The number of aromatic nitrogens is 2. The zero-order valence-corrected chi connectivity index (χ0v) is 12.7. The summed E-state index contributed by atoms with van der Waals surface area (Å²) in [7, 11) is 1.38. The van der Waals surface area contributed by atoms with Crippen LogP contribution in [0.1, 0.15) is 26.7 Å². The van der Waals surface area contributed by atoms with Gasteiger partial charge in [0.05, 0.1) is 6.61 Å². The largest absolute Gasteiger partial charge is 0.393 e. The maximum Gasteiger partial charge on any atom is 0.332 e. The van der Waals surface area contributed by atoms with Gasteiger partial charge in [0.15, 0.2) is 0 Å². The number of unbranched alkanes of at least 4 members (excludes halogenated alkanes) is 1. The van der Waals surface area contributed by atoms with Crippen LogP contribution in [0.3, 0.4) is 0 Å². The molecule has 0 amide bonds. The minimum absolute atomic E-state index is 0.0466. The molecule has 1 rings (SSSR count). The van der Waals surface area contributed by atoms with Gasteiger partial charge in [0, 0.05) is 20.1 Å². The molecule has 0 saturated heterocycles. The van der Waals surface area contributed by atoms with Crippen molar-refractivity contribution in [1.29, 1.82) is 0 Å². The summed E-state index contributed by atoms with van der Waals surface area (Å²) in [5.74, 6) is 0.0466. The molecule has 0 fully saturated rings. The quantitative estimate of drug-likeness (QED) is 0.517. The van der Waals surface area contributed by atoms with Crippen molar-refractivity contribution < 1.29 is 10.2 Å². The van der Waals surface area contributed by atoms with E-state index >= 15 is 0 Å². The van der Waals surface area contributed by atoms with Gasteiger partial charge in [-0.05, 0) is 13.3 Å². The van der Waals surface area contributed by atoms with Crippen LogP contribution >= 0.6 is 0 Å². The number of nitrogens with two attached hydrogens (primary N) is 1. The average Bonchev–Trinajstić information content (AvgIpc) is 2.45. The fourth-order valence-electron chi connectivity index (χ4n) is 1.82. The summed E-state index contributed by atoms with van der Waals surface area (Å²) < 4.78 is 2.31. The summed E-state index contributed by atoms with van der Waals surface area (Å²) in [6.45, 7) is 3.31. The summed E-state index contributed by atoms with van der Waals surface area (Å²) in [5, 5.41) is 21.5. The molecule has 21 heavy (non-hydrogen) atoms. The van der Waals surface area contributed by atoms with Gasteiger partial charge in [0.25, 0.3) is 5.56 Å². The van der Waals surface area contributed by atoms with Crippen LogP contribution in [-0.4, -0.2) is 38.1 Å². The monoisotopic (exact) mass is 300 g/mol. The fourth-order valence-corrected chi connectivity index (χ4v) is 1.82. The molecule has 5 N–H and O–H groups in total. The number of nitrogens with one attached hydrogen (secondary N) is 1. The van der Waals surface area contributed by atoms with Crippen molar-refractivity contribution in [1.82, 2.24) is 9.13 Å². The van der Waals surface area contributed by atoms with Gasteiger partial charge in [0.2, 0.25) is 0 Å². The van der Waals surface area contributed by atoms with Gasteiger partial charge in [-0.2, -0.15) is 0 Å². The third-order valence-electron chi connectivity index (χ3n) is 3.31. The molecule has 1 aromatic heterocycles. The molecule has 0 bridgehead atoms. The Balaban J connectivity index is 3.23. The van der Waals surface area contributed by atoms with E-state index in [1.165, 1.54) is 18.5 Å². The molecule has 1 heterocycles. The van der Waals surface area contributed by atoms with E-state index < -0.39 is 23.5 Å². The van der Waals surface area contributed by atoms with E-state index in [9.17, 15) is 14.7 Å². The van der Waals surface area contributed by atoms with Crippen molar-refractivity contribution in [2.45, 2.75) is 38.8 Å². The Morgan fingerprint density at radius 2 is 2.00 bits per heavy atom. The van der Waals surface area contributed by atoms with Crippen molar-refractivity contribution in [3.63, 3.8) is 0 Å². The minimum Gasteiger partial charge on any atom is -0.393 e. The van der Waals surface area contributed by atoms with Crippen LogP contribution in [0, 0.1) is 0 Å². The second-order valence-electron chi connectivity index (χ2n) is 5.42. The van der Waals surface area contributed by atoms with E-state index in [4.69, 9.17) is 10.8 Å². The highest BCUT2D eigenvalue weighted by Gasteiger charge is 2.21. The van der Waals surface area contributed by atoms with E-state index in [-0.39, 0.29) is 18.1 Å². The number of aliphatic hydroxyl groups is 2. The predicted molar refractivity (Wildman–Crippen MR) is 81.5 cm³/mol. The number of rotatable bonds is 7. The first-order chi connectivity index (χ1) is 9.75. The summed E-state index contributed by atoms with van der Waals surface area (Å²) in [6.07, 6.45) is 1.65. The van der Waals surface area contributed by atoms with Crippen LogP contribution in [0.2, 0.25) is 0 Å². The van der Waals surface area contributed by atoms with Crippen LogP contribution < -0.4 is 22.3 Å². The second-order valence-corrected chi connectivity index (χ2v) is 5.42. The van der Waals surface area contributed by atoms with E-state index in [2.05, 4.69) is 5.32 Å². The molecule has 0 aliphatic heterocycles. The van der Waals surface area contributed by atoms with Crippen LogP contribution in [0.4, 0.5) is 11.5 Å². The highest BCUT2D eigenvalue weighted by Crippen LogP contribution is 2.13. The number of hydrogen-bond donors (Lipinski definition) is 4. The van der Waals surface area contributed by atoms with Crippen molar-refractivity contribution >= 4 is 11.5 Å². The van der Waals surface area contributed by atoms with Crippen LogP contribution in [0.15, 0.2) is 9.59 Å². The van der Waals surface area contributed by atoms with E-state index in [1.54, 1.807) is 0 Å². The number of anilines is 2. The Hall–Kier alpha value is -1.80. The molecule has 8 nitrogen and oxygen atoms in total. The number of aliphatic hydroxyl groups excluding tert-OH is 1. The zero-order valence-electron chi connectivity index (χ0n) is 12.7. The Kier molecular flexibility index (Phi) is 5.56. The molecule has 1 unspecified atom stereocenters. The van der Waals surface area contributed by atoms with Crippen molar-refractivity contribution in [2.24, 2.45) is 7.05 Å². The number of nitrogens with zero attached hydrogens (tertiary/aromatic N) is 2. The molecule has 0 radical (unpaired) electrons. The summed E-state index contributed by atoms with van der Waals surface area (Å²) >= 11 is 0. The molecule has 0 aliphatic rings. The van der Waals surface area contributed by atoms with E-state index in [0.717, 1.165) is 17.4 Å². The standard InChI is InChI=1S/C13H24N4O4/c1-4-5-6-17-10(14)9(11(19)16(3)12(17)20)15-7-13(2,21)8-18/h15,18,21H,4-8,14H2,1-3H3. The third kappa shape index (κ3) is 3.85. The molecule has 120 valence electrons. The fraction of sp³-hybridized carbons (Fsp3) is 0.692. The SMILES string of the molecule is CCCCn1c(N)c(NCC(C)(O)CO)c(=O)n(C)c1=O. The van der Waals surface area contributed by atoms with Crippen molar-refractivity contribution in [3.05, 3.63) is 20.8 Å². The first-order valence-corrected chi connectivity index (χ1v) is 6.91. The minimum atomic E-state index is -1.39. The molecule has 1 aromatic rings. The lowest BCUT2D eigenvalue weighted by molar-refractivity contribution is 0.0132. The normalized spacial score (nSPS) is 14.0. The highest BCUT2D eigenvalue weighted by molar-refractivity contribution is 5.60. The first-order valence-electron chi connectivity index (χ1n) is 6.91. The molecular formula is C13H24N4O4. The zero-order chi connectivity index (χ0) is 16.2. The molecule has 0 aromatic carbocycles. The topological polar surface area (TPSA) is 123 Å². The van der Waals surface area contributed by atoms with Crippen LogP contribution in [-0.2, 0) is 13.6 Å². The summed E-state index contributed by atoms with van der Waals surface area (Å²) in [4.78, 5) is 24.2. The lowest BCUT2D eigenvalue weighted by atomic mass is 10.1. The predicted octanol–water partition coefficient (Wildman–Crippen LogP) is -0.915. The highest BCUT2D eigenvalue weighted by atomic mass is 16.3. The maximum absolute atomic E-state index is 12.1. The Bertz CT molecular complexity index is 603. The Labute approximate surface area is 122 Å². The summed E-state index contributed by atoms with van der Waals surface area (Å²) in [6, 6.07) is 0. The van der Waals surface area contributed by atoms with E-state index in [0.29, 0.717) is 6.54 Å². The van der Waals surface area contributed by atoms with Crippen LogP contribution in [0.5, 0.6) is 0 Å². The molecule has 0 spiro atoms. The number of hydrogen-bond acceptors (Lipinski definition) is 6. The van der Waals surface area contributed by atoms with Gasteiger partial charge >= 0.3 is 5.69 Å². The Morgan fingerprint density at radius 3 is 2.52 bits per heavy atom. The van der Waals surface area contributed by atoms with Gasteiger partial charge in [-0.15, -0.1) is 0 Å². The van der Waals surface area contributed by atoms with Gasteiger partial charge in [-0.1, -0.05) is 13.3 Å². The lowest BCUT2D eigenvalue weighted by Crippen LogP contribution is -2.43. The Morgan fingerprint density at radius 1 is 1.38 bits per heavy atom. The number of nitrogen functional groups attached to an aromatic ring is 1. The van der Waals surface area contributed by atoms with E-state index in [1.807, 2.05) is 6.92 Å². The van der Waals surface area contributed by atoms with Gasteiger partial charge in [-0.3, -0.25) is 13.9 Å². The second kappa shape index (κ2) is 6.77. The third-order valence-corrected chi connectivity index (χ3v) is 3.31. The first kappa shape index (κ1) is 17.3. The molecular weight excluding hydrogens is 276 g/mol. The van der Waals surface area contributed by atoms with Gasteiger partial charge in [-0.25, -0.2) is 4.79 Å². The smallest absolute Gasteiger partial charge is 0.332 e. The lowest BCUT2D eigenvalue weighted by Gasteiger charge is -2.22. The molecule has 0 saturated carbocycles.